The van der Waals surface area contributed by atoms with Gasteiger partial charge in [0.15, 0.2) is 5.65 Å². The van der Waals surface area contributed by atoms with Gasteiger partial charge < -0.3 is 15.4 Å². The lowest BCUT2D eigenvalue weighted by Gasteiger charge is -2.17. The molecule has 5 rings (SSSR count). The zero-order valence-corrected chi connectivity index (χ0v) is 17.3. The van der Waals surface area contributed by atoms with Crippen LogP contribution in [0.3, 0.4) is 0 Å². The van der Waals surface area contributed by atoms with E-state index in [1.54, 1.807) is 6.92 Å². The molecule has 4 heterocycles. The molecule has 1 aromatic carbocycles. The highest BCUT2D eigenvalue weighted by atomic mass is 19.1. The minimum atomic E-state index is -0.799. The van der Waals surface area contributed by atoms with E-state index < -0.39 is 29.5 Å². The molecule has 0 saturated heterocycles. The molecule has 2 N–H and O–H groups in total. The summed E-state index contributed by atoms with van der Waals surface area (Å²) in [6.45, 7) is 1.87. The zero-order valence-electron chi connectivity index (χ0n) is 17.3. The molecule has 0 saturated carbocycles. The van der Waals surface area contributed by atoms with Crippen LogP contribution in [-0.2, 0) is 6.54 Å². The second-order valence-electron chi connectivity index (χ2n) is 7.54. The Hall–Kier alpha value is -4.15. The van der Waals surface area contributed by atoms with Gasteiger partial charge >= 0.3 is 0 Å². The summed E-state index contributed by atoms with van der Waals surface area (Å²) in [5.74, 6) is -2.39. The van der Waals surface area contributed by atoms with E-state index in [1.807, 2.05) is 0 Å². The first-order valence-electron chi connectivity index (χ1n) is 10.1. The third kappa shape index (κ3) is 3.81. The fourth-order valence-corrected chi connectivity index (χ4v) is 3.59. The Balaban J connectivity index is 1.71. The highest BCUT2D eigenvalue weighted by molar-refractivity contribution is 6.00. The first-order valence-corrected chi connectivity index (χ1v) is 10.1. The molecular formula is C22H17F3N6O2. The van der Waals surface area contributed by atoms with Crippen LogP contribution < -0.4 is 15.4 Å². The fourth-order valence-electron chi connectivity index (χ4n) is 3.59. The van der Waals surface area contributed by atoms with Gasteiger partial charge in [0.1, 0.15) is 34.9 Å². The number of benzene rings is 1. The van der Waals surface area contributed by atoms with Crippen molar-refractivity contribution in [2.75, 3.05) is 11.9 Å². The molecule has 0 unspecified atom stereocenters. The molecular weight excluding hydrogens is 437 g/mol. The maximum Gasteiger partial charge on any atom is 0.256 e. The molecule has 4 aromatic rings. The Labute approximate surface area is 185 Å². The normalized spacial score (nSPS) is 16.1. The summed E-state index contributed by atoms with van der Waals surface area (Å²) in [4.78, 5) is 21.2. The summed E-state index contributed by atoms with van der Waals surface area (Å²) in [7, 11) is 0. The largest absolute Gasteiger partial charge is 0.473 e. The molecule has 0 radical (unpaired) electrons. The summed E-state index contributed by atoms with van der Waals surface area (Å²) in [6, 6.07) is 4.75. The van der Waals surface area contributed by atoms with Gasteiger partial charge in [0.25, 0.3) is 5.91 Å². The van der Waals surface area contributed by atoms with E-state index in [4.69, 9.17) is 4.74 Å². The van der Waals surface area contributed by atoms with Crippen LogP contribution in [0.25, 0.3) is 16.8 Å². The molecule has 8 nitrogen and oxygen atoms in total. The molecule has 11 heteroatoms. The summed E-state index contributed by atoms with van der Waals surface area (Å²) in [5.41, 5.74) is 0.473. The van der Waals surface area contributed by atoms with Gasteiger partial charge in [0.05, 0.1) is 24.5 Å². The first-order chi connectivity index (χ1) is 15.9. The number of fused-ring (bicyclic) bond motifs is 2. The van der Waals surface area contributed by atoms with Crippen molar-refractivity contribution >= 4 is 17.4 Å². The van der Waals surface area contributed by atoms with Crippen molar-refractivity contribution in [3.8, 4) is 17.0 Å². The van der Waals surface area contributed by atoms with E-state index in [2.05, 4.69) is 25.7 Å². The molecule has 0 aliphatic carbocycles. The van der Waals surface area contributed by atoms with Gasteiger partial charge in [-0.25, -0.2) is 27.7 Å². The van der Waals surface area contributed by atoms with Gasteiger partial charge in [0.2, 0.25) is 5.88 Å². The number of pyridine rings is 1. The van der Waals surface area contributed by atoms with E-state index in [0.29, 0.717) is 5.56 Å². The second kappa shape index (κ2) is 8.08. The molecule has 33 heavy (non-hydrogen) atoms. The number of ether oxygens (including phenoxy) is 1. The maximum absolute atomic E-state index is 14.6. The third-order valence-electron chi connectivity index (χ3n) is 5.17. The molecule has 1 aliphatic heterocycles. The topological polar surface area (TPSA) is 93.4 Å². The highest BCUT2D eigenvalue weighted by Gasteiger charge is 2.23. The molecule has 1 aliphatic rings. The molecule has 0 fully saturated rings. The summed E-state index contributed by atoms with van der Waals surface area (Å²) in [5, 5.41) is 9.85. The lowest BCUT2D eigenvalue weighted by atomic mass is 10.1. The quantitative estimate of drug-likeness (QED) is 0.458. The average Bonchev–Trinajstić information content (AvgIpc) is 3.19. The smallest absolute Gasteiger partial charge is 0.256 e. The van der Waals surface area contributed by atoms with Gasteiger partial charge in [-0.05, 0) is 25.1 Å². The number of carbonyl (C=O) groups is 1. The second-order valence-corrected chi connectivity index (χ2v) is 7.54. The summed E-state index contributed by atoms with van der Waals surface area (Å²) < 4.78 is 50.2. The standard InChI is InChI=1S/C22H17F3N6O2/c1-11-6-27-21(32)14-9-29-31-10-15(18-16(24)3-2-4-17(18)25)19(30-20(14)31)26-7-12-5-13(23)8-28-22(12)33-11/h2-5,8-11H,6-7H2,1H3,(H,26,30)(H,27,32)/t11-/m0/s1. The van der Waals surface area contributed by atoms with E-state index in [0.717, 1.165) is 18.3 Å². The van der Waals surface area contributed by atoms with Gasteiger partial charge in [-0.15, -0.1) is 0 Å². The van der Waals surface area contributed by atoms with Crippen LogP contribution in [-0.4, -0.2) is 38.1 Å². The number of halogens is 3. The first kappa shape index (κ1) is 20.7. The Morgan fingerprint density at radius 3 is 2.70 bits per heavy atom. The number of carbonyl (C=O) groups excluding carboxylic acids is 1. The Bertz CT molecular complexity index is 1370. The molecule has 1 atom stereocenters. The lowest BCUT2D eigenvalue weighted by molar-refractivity contribution is 0.0932. The number of anilines is 1. The van der Waals surface area contributed by atoms with Crippen molar-refractivity contribution in [2.24, 2.45) is 0 Å². The van der Waals surface area contributed by atoms with Crippen molar-refractivity contribution in [1.82, 2.24) is 24.9 Å². The van der Waals surface area contributed by atoms with Crippen molar-refractivity contribution in [1.29, 1.82) is 0 Å². The van der Waals surface area contributed by atoms with Crippen LogP contribution in [0.5, 0.6) is 5.88 Å². The van der Waals surface area contributed by atoms with Crippen molar-refractivity contribution in [3.05, 3.63) is 71.4 Å². The van der Waals surface area contributed by atoms with Gasteiger partial charge in [-0.3, -0.25) is 4.79 Å². The fraction of sp³-hybridized carbons (Fsp3) is 0.182. The molecule has 1 amide bonds. The molecule has 168 valence electrons. The minimum absolute atomic E-state index is 0.0100. The number of rotatable bonds is 1. The Morgan fingerprint density at radius 1 is 1.12 bits per heavy atom. The zero-order chi connectivity index (χ0) is 23.1. The van der Waals surface area contributed by atoms with Crippen molar-refractivity contribution < 1.29 is 22.7 Å². The summed E-state index contributed by atoms with van der Waals surface area (Å²) >= 11 is 0. The predicted molar refractivity (Wildman–Crippen MR) is 112 cm³/mol. The highest BCUT2D eigenvalue weighted by Crippen LogP contribution is 2.33. The number of hydrogen-bond donors (Lipinski definition) is 2. The van der Waals surface area contributed by atoms with E-state index in [9.17, 15) is 18.0 Å². The van der Waals surface area contributed by atoms with Gasteiger partial charge in [0, 0.05) is 23.9 Å². The van der Waals surface area contributed by atoms with E-state index >= 15 is 0 Å². The number of nitrogens with zero attached hydrogens (tertiary/aromatic N) is 4. The van der Waals surface area contributed by atoms with Crippen LogP contribution in [0, 0.1) is 17.5 Å². The summed E-state index contributed by atoms with van der Waals surface area (Å²) in [6.07, 6.45) is 3.24. The van der Waals surface area contributed by atoms with E-state index in [1.165, 1.54) is 29.0 Å². The van der Waals surface area contributed by atoms with Crippen molar-refractivity contribution in [2.45, 2.75) is 19.6 Å². The van der Waals surface area contributed by atoms with Crippen LogP contribution >= 0.6 is 0 Å². The number of amides is 1. The molecule has 2 bridgehead atoms. The Kier molecular flexibility index (Phi) is 5.08. The maximum atomic E-state index is 14.6. The van der Waals surface area contributed by atoms with Crippen LogP contribution in [0.2, 0.25) is 0 Å². The van der Waals surface area contributed by atoms with Crippen molar-refractivity contribution in [3.63, 3.8) is 0 Å². The number of hydrogen-bond acceptors (Lipinski definition) is 6. The van der Waals surface area contributed by atoms with Crippen LogP contribution in [0.4, 0.5) is 19.0 Å². The lowest BCUT2D eigenvalue weighted by Crippen LogP contribution is -2.33. The van der Waals surface area contributed by atoms with Crippen LogP contribution in [0.1, 0.15) is 22.8 Å². The number of nitrogens with one attached hydrogen (secondary N) is 2. The molecule has 0 spiro atoms. The SMILES string of the molecule is C[C@H]1CNC(=O)c2cnn3cc(-c4c(F)cccc4F)c(nc23)NCc2cc(F)cnc2O1. The van der Waals surface area contributed by atoms with Gasteiger partial charge in [-0.1, -0.05) is 6.07 Å². The van der Waals surface area contributed by atoms with Gasteiger partial charge in [-0.2, -0.15) is 5.10 Å². The predicted octanol–water partition coefficient (Wildman–Crippen LogP) is 3.33. The van der Waals surface area contributed by atoms with E-state index in [-0.39, 0.29) is 47.1 Å². The average molecular weight is 454 g/mol. The minimum Gasteiger partial charge on any atom is -0.473 e. The Morgan fingerprint density at radius 2 is 1.91 bits per heavy atom. The third-order valence-corrected chi connectivity index (χ3v) is 5.17. The molecule has 3 aromatic heterocycles. The van der Waals surface area contributed by atoms with Crippen LogP contribution in [0.15, 0.2) is 42.9 Å². The number of aromatic nitrogens is 4. The monoisotopic (exact) mass is 454 g/mol.